The number of fused-ring (bicyclic) bond motifs is 4. The summed E-state index contributed by atoms with van der Waals surface area (Å²) in [6.45, 7) is 0. The van der Waals surface area contributed by atoms with Crippen molar-refractivity contribution in [1.82, 2.24) is 0 Å². The Bertz CT molecular complexity index is 632. The predicted molar refractivity (Wildman–Crippen MR) is 77.9 cm³/mol. The van der Waals surface area contributed by atoms with Gasteiger partial charge in [-0.2, -0.15) is 0 Å². The first kappa shape index (κ1) is 10.3. The summed E-state index contributed by atoms with van der Waals surface area (Å²) in [5.41, 5.74) is 4.05. The molecule has 0 aromatic heterocycles. The maximum Gasteiger partial charge on any atom is 0.0611 e. The van der Waals surface area contributed by atoms with Crippen LogP contribution < -0.4 is 5.32 Å². The van der Waals surface area contributed by atoms with Gasteiger partial charge in [-0.3, -0.25) is 0 Å². The van der Waals surface area contributed by atoms with E-state index < -0.39 is 0 Å². The van der Waals surface area contributed by atoms with Crippen LogP contribution in [0.2, 0.25) is 0 Å². The van der Waals surface area contributed by atoms with Crippen LogP contribution in [0.3, 0.4) is 0 Å². The van der Waals surface area contributed by atoms with Crippen molar-refractivity contribution in [2.75, 3.05) is 5.32 Å². The summed E-state index contributed by atoms with van der Waals surface area (Å²) in [6.07, 6.45) is 4.52. The summed E-state index contributed by atoms with van der Waals surface area (Å²) in [5, 5.41) is 4.12. The van der Waals surface area contributed by atoms with Crippen LogP contribution in [0, 0.1) is 0 Å². The Morgan fingerprint density at radius 1 is 0.944 bits per heavy atom. The molecule has 2 aromatic carbocycles. The minimum atomic E-state index is 0.403. The third kappa shape index (κ3) is 1.49. The number of hydrogen-bond acceptors (Lipinski definition) is 2. The normalized spacial score (nSPS) is 23.6. The average Bonchev–Trinajstić information content (AvgIpc) is 2.45. The van der Waals surface area contributed by atoms with E-state index in [4.69, 9.17) is 0 Å². The van der Waals surface area contributed by atoms with Crippen LogP contribution in [-0.2, 0) is 0 Å². The highest BCUT2D eigenvalue weighted by atomic mass is 32.2. The summed E-state index contributed by atoms with van der Waals surface area (Å²) in [7, 11) is 0. The Morgan fingerprint density at radius 2 is 1.78 bits per heavy atom. The van der Waals surface area contributed by atoms with Gasteiger partial charge in [-0.25, -0.2) is 0 Å². The van der Waals surface area contributed by atoms with E-state index in [-0.39, 0.29) is 0 Å². The van der Waals surface area contributed by atoms with Crippen LogP contribution in [0.15, 0.2) is 59.5 Å². The maximum atomic E-state index is 3.63. The van der Waals surface area contributed by atoms with Crippen molar-refractivity contribution < 1.29 is 0 Å². The quantitative estimate of drug-likeness (QED) is 0.747. The zero-order chi connectivity index (χ0) is 11.9. The second-order valence-electron chi connectivity index (χ2n) is 4.69. The van der Waals surface area contributed by atoms with Gasteiger partial charge < -0.3 is 5.32 Å². The van der Waals surface area contributed by atoms with Crippen LogP contribution in [0.1, 0.15) is 16.4 Å². The van der Waals surface area contributed by atoms with Crippen LogP contribution >= 0.6 is 11.8 Å². The van der Waals surface area contributed by atoms with Crippen molar-refractivity contribution in [3.05, 3.63) is 65.7 Å². The van der Waals surface area contributed by atoms with E-state index in [1.807, 2.05) is 11.8 Å². The molecule has 1 heterocycles. The Balaban J connectivity index is 1.82. The molecule has 1 aliphatic carbocycles. The van der Waals surface area contributed by atoms with Gasteiger partial charge in [0.25, 0.3) is 0 Å². The van der Waals surface area contributed by atoms with Gasteiger partial charge in [0.1, 0.15) is 0 Å². The lowest BCUT2D eigenvalue weighted by molar-refractivity contribution is 0.816. The highest BCUT2D eigenvalue weighted by Crippen LogP contribution is 2.48. The predicted octanol–water partition coefficient (Wildman–Crippen LogP) is 4.34. The molecular weight excluding hydrogens is 238 g/mol. The number of thioether (sulfide) groups is 1. The number of hydrogen-bond donors (Lipinski definition) is 1. The summed E-state index contributed by atoms with van der Waals surface area (Å²) in [6, 6.07) is 17.7. The topological polar surface area (TPSA) is 12.0 Å². The molecule has 0 spiro atoms. The zero-order valence-corrected chi connectivity index (χ0v) is 10.7. The first-order valence-corrected chi connectivity index (χ1v) is 7.09. The highest BCUT2D eigenvalue weighted by molar-refractivity contribution is 7.99. The summed E-state index contributed by atoms with van der Waals surface area (Å²) in [5.74, 6) is 0. The molecule has 1 N–H and O–H groups in total. The minimum Gasteiger partial charge on any atom is -0.376 e. The molecule has 2 aromatic rings. The fourth-order valence-electron chi connectivity index (χ4n) is 2.69. The molecular formula is C16H13NS. The monoisotopic (exact) mass is 251 g/mol. The van der Waals surface area contributed by atoms with Gasteiger partial charge in [-0.05, 0) is 23.3 Å². The third-order valence-corrected chi connectivity index (χ3v) is 4.99. The van der Waals surface area contributed by atoms with Gasteiger partial charge in [0, 0.05) is 10.6 Å². The minimum absolute atomic E-state index is 0.403. The smallest absolute Gasteiger partial charge is 0.0611 e. The van der Waals surface area contributed by atoms with E-state index in [2.05, 4.69) is 66.0 Å². The number of nitrogens with one attached hydrogen (secondary N) is 1. The Hall–Kier alpha value is -1.67. The molecule has 1 aliphatic heterocycles. The summed E-state index contributed by atoms with van der Waals surface area (Å²) < 4.78 is 0. The lowest BCUT2D eigenvalue weighted by Gasteiger charge is -2.35. The molecule has 2 heteroatoms. The average molecular weight is 251 g/mol. The van der Waals surface area contributed by atoms with Crippen LogP contribution in [-0.4, -0.2) is 6.04 Å². The summed E-state index contributed by atoms with van der Waals surface area (Å²) in [4.78, 5) is 1.35. The van der Waals surface area contributed by atoms with Crippen molar-refractivity contribution in [2.24, 2.45) is 0 Å². The summed E-state index contributed by atoms with van der Waals surface area (Å²) >= 11 is 1.97. The van der Waals surface area contributed by atoms with Gasteiger partial charge in [0.2, 0.25) is 0 Å². The van der Waals surface area contributed by atoms with Crippen LogP contribution in [0.25, 0.3) is 6.08 Å². The number of benzene rings is 2. The fourth-order valence-corrected chi connectivity index (χ4v) is 4.02. The molecule has 1 nitrogen and oxygen atoms in total. The molecule has 1 unspecified atom stereocenters. The second-order valence-corrected chi connectivity index (χ2v) is 5.88. The van der Waals surface area contributed by atoms with E-state index in [9.17, 15) is 0 Å². The van der Waals surface area contributed by atoms with E-state index in [0.29, 0.717) is 11.3 Å². The van der Waals surface area contributed by atoms with E-state index in [1.54, 1.807) is 0 Å². The highest BCUT2D eigenvalue weighted by Gasteiger charge is 2.31. The molecule has 18 heavy (non-hydrogen) atoms. The van der Waals surface area contributed by atoms with Crippen molar-refractivity contribution in [3.63, 3.8) is 0 Å². The second kappa shape index (κ2) is 3.92. The SMILES string of the molecule is C1=C[C@@H]2Nc3ccccc3SC2c2ccccc21. The molecule has 0 fully saturated rings. The first-order valence-electron chi connectivity index (χ1n) is 6.21. The zero-order valence-electron chi connectivity index (χ0n) is 9.84. The third-order valence-electron chi connectivity index (χ3n) is 3.57. The van der Waals surface area contributed by atoms with Crippen molar-refractivity contribution in [3.8, 4) is 0 Å². The number of para-hydroxylation sites is 1. The molecule has 0 saturated heterocycles. The molecule has 0 radical (unpaired) electrons. The lowest BCUT2D eigenvalue weighted by atomic mass is 9.93. The Kier molecular flexibility index (Phi) is 2.24. The van der Waals surface area contributed by atoms with E-state index in [0.717, 1.165) is 0 Å². The van der Waals surface area contributed by atoms with Crippen molar-refractivity contribution in [2.45, 2.75) is 16.2 Å². The number of rotatable bonds is 0. The van der Waals surface area contributed by atoms with E-state index >= 15 is 0 Å². The standard InChI is InChI=1S/C16H13NS/c1-2-6-12-11(5-1)9-10-14-16(12)18-15-8-4-3-7-13(15)17-14/h1-10,14,16-17H/t14-,16?/m0/s1. The van der Waals surface area contributed by atoms with Crippen molar-refractivity contribution in [1.29, 1.82) is 0 Å². The Morgan fingerprint density at radius 3 is 2.78 bits per heavy atom. The van der Waals surface area contributed by atoms with Crippen LogP contribution in [0.4, 0.5) is 5.69 Å². The number of anilines is 1. The molecule has 4 rings (SSSR count). The molecule has 0 amide bonds. The Labute approximate surface area is 111 Å². The largest absolute Gasteiger partial charge is 0.376 e. The molecule has 88 valence electrons. The van der Waals surface area contributed by atoms with Gasteiger partial charge in [0.05, 0.1) is 11.3 Å². The van der Waals surface area contributed by atoms with E-state index in [1.165, 1.54) is 21.7 Å². The van der Waals surface area contributed by atoms with Gasteiger partial charge in [-0.1, -0.05) is 48.6 Å². The maximum absolute atomic E-state index is 3.63. The molecule has 2 aliphatic rings. The van der Waals surface area contributed by atoms with Gasteiger partial charge >= 0.3 is 0 Å². The van der Waals surface area contributed by atoms with Gasteiger partial charge in [-0.15, -0.1) is 11.8 Å². The van der Waals surface area contributed by atoms with Gasteiger partial charge in [0.15, 0.2) is 0 Å². The van der Waals surface area contributed by atoms with Crippen LogP contribution in [0.5, 0.6) is 0 Å². The lowest BCUT2D eigenvalue weighted by Crippen LogP contribution is -2.29. The fraction of sp³-hybridized carbons (Fsp3) is 0.125. The molecule has 0 bridgehead atoms. The molecule has 0 saturated carbocycles. The molecule has 2 atom stereocenters. The van der Waals surface area contributed by atoms with Crippen molar-refractivity contribution >= 4 is 23.5 Å². The first-order chi connectivity index (χ1) is 8.92.